The highest BCUT2D eigenvalue weighted by atomic mass is 16.5. The number of benzene rings is 2. The zero-order valence-corrected chi connectivity index (χ0v) is 18.5. The molecule has 32 heavy (non-hydrogen) atoms. The number of hydrogen-bond acceptors (Lipinski definition) is 6. The molecule has 0 bridgehead atoms. The van der Waals surface area contributed by atoms with E-state index in [-0.39, 0.29) is 18.1 Å². The topological polar surface area (TPSA) is 76.6 Å². The predicted molar refractivity (Wildman–Crippen MR) is 123 cm³/mol. The molecule has 1 N–H and O–H groups in total. The number of nitrogens with zero attached hydrogens (tertiary/aromatic N) is 3. The van der Waals surface area contributed by atoms with Gasteiger partial charge < -0.3 is 19.7 Å². The minimum absolute atomic E-state index is 0.00485. The third-order valence-electron chi connectivity index (χ3n) is 6.45. The van der Waals surface area contributed by atoms with Crippen LogP contribution < -0.4 is 15.0 Å². The maximum absolute atomic E-state index is 13.1. The highest BCUT2D eigenvalue weighted by Crippen LogP contribution is 2.29. The summed E-state index contributed by atoms with van der Waals surface area (Å²) in [6.45, 7) is 3.89. The van der Waals surface area contributed by atoms with Crippen LogP contribution in [0, 0.1) is 6.92 Å². The third kappa shape index (κ3) is 3.88. The lowest BCUT2D eigenvalue weighted by molar-refractivity contribution is -0.123. The molecule has 2 aliphatic rings. The second-order valence-corrected chi connectivity index (χ2v) is 8.40. The normalized spacial score (nSPS) is 20.2. The van der Waals surface area contributed by atoms with Crippen molar-refractivity contribution >= 4 is 22.8 Å². The van der Waals surface area contributed by atoms with Crippen molar-refractivity contribution in [1.82, 2.24) is 15.3 Å². The van der Waals surface area contributed by atoms with Crippen molar-refractivity contribution in [2.45, 2.75) is 38.3 Å². The van der Waals surface area contributed by atoms with E-state index in [4.69, 9.17) is 19.4 Å². The smallest absolute Gasteiger partial charge is 0.242 e. The van der Waals surface area contributed by atoms with Crippen LogP contribution >= 0.6 is 0 Å². The molecule has 3 heterocycles. The molecule has 2 aromatic carbocycles. The van der Waals surface area contributed by atoms with E-state index in [9.17, 15) is 4.79 Å². The molecular weight excluding hydrogens is 404 g/mol. The van der Waals surface area contributed by atoms with Crippen LogP contribution in [0.5, 0.6) is 5.75 Å². The Morgan fingerprint density at radius 1 is 1.25 bits per heavy atom. The Balaban J connectivity index is 1.32. The number of carbonyl (C=O) groups excluding carboxylic acids is 1. The number of aromatic nitrogens is 2. The number of nitrogens with one attached hydrogen (secondary N) is 1. The Kier molecular flexibility index (Phi) is 5.66. The maximum atomic E-state index is 13.1. The van der Waals surface area contributed by atoms with Gasteiger partial charge in [-0.25, -0.2) is 9.97 Å². The highest BCUT2D eigenvalue weighted by molar-refractivity contribution is 5.87. The van der Waals surface area contributed by atoms with Crippen LogP contribution in [0.2, 0.25) is 0 Å². The van der Waals surface area contributed by atoms with Crippen molar-refractivity contribution < 1.29 is 14.3 Å². The Labute approximate surface area is 187 Å². The fourth-order valence-corrected chi connectivity index (χ4v) is 4.74. The van der Waals surface area contributed by atoms with Gasteiger partial charge in [0.1, 0.15) is 17.9 Å². The number of hydrogen-bond donors (Lipinski definition) is 1. The van der Waals surface area contributed by atoms with Crippen LogP contribution in [-0.4, -0.2) is 48.7 Å². The Hall–Kier alpha value is -3.19. The van der Waals surface area contributed by atoms with E-state index < -0.39 is 0 Å². The average molecular weight is 433 g/mol. The quantitative estimate of drug-likeness (QED) is 0.666. The van der Waals surface area contributed by atoms with Crippen molar-refractivity contribution in [3.8, 4) is 5.75 Å². The molecule has 1 fully saturated rings. The maximum Gasteiger partial charge on any atom is 0.242 e. The van der Waals surface area contributed by atoms with Gasteiger partial charge in [-0.05, 0) is 55.5 Å². The number of carbonyl (C=O) groups is 1. The lowest BCUT2D eigenvalue weighted by Crippen LogP contribution is -2.45. The van der Waals surface area contributed by atoms with Crippen molar-refractivity contribution in [1.29, 1.82) is 0 Å². The van der Waals surface area contributed by atoms with E-state index in [0.29, 0.717) is 19.1 Å². The average Bonchev–Trinajstić information content (AvgIpc) is 3.32. The number of ether oxygens (including phenoxy) is 2. The van der Waals surface area contributed by atoms with E-state index >= 15 is 0 Å². The minimum Gasteiger partial charge on any atom is -0.497 e. The zero-order valence-electron chi connectivity index (χ0n) is 18.5. The lowest BCUT2D eigenvalue weighted by atomic mass is 9.97. The van der Waals surface area contributed by atoms with Crippen LogP contribution in [0.3, 0.4) is 0 Å². The molecular formula is C25H28N4O3. The molecule has 7 nitrogen and oxygen atoms in total. The van der Waals surface area contributed by atoms with Crippen LogP contribution in [0.1, 0.15) is 35.8 Å². The number of amides is 1. The van der Waals surface area contributed by atoms with Gasteiger partial charge in [0.15, 0.2) is 0 Å². The molecule has 1 amide bonds. The van der Waals surface area contributed by atoms with Gasteiger partial charge in [-0.2, -0.15) is 0 Å². The lowest BCUT2D eigenvalue weighted by Gasteiger charge is -2.28. The Morgan fingerprint density at radius 2 is 2.12 bits per heavy atom. The summed E-state index contributed by atoms with van der Waals surface area (Å²) in [6.07, 6.45) is 2.54. The van der Waals surface area contributed by atoms with Gasteiger partial charge in [-0.1, -0.05) is 24.3 Å². The van der Waals surface area contributed by atoms with E-state index in [1.807, 2.05) is 36.1 Å². The molecule has 166 valence electrons. The SMILES string of the molecule is COc1ccc2nc(N3CCCC3C(=O)NCC3OCCc4ccccc43)nc(C)c2c1. The minimum atomic E-state index is -0.274. The molecule has 1 aromatic heterocycles. The van der Waals surface area contributed by atoms with Crippen LogP contribution in [-0.2, 0) is 16.0 Å². The van der Waals surface area contributed by atoms with Crippen molar-refractivity contribution in [2.75, 3.05) is 31.7 Å². The van der Waals surface area contributed by atoms with E-state index in [1.165, 1.54) is 11.1 Å². The Bertz CT molecular complexity index is 1150. The molecule has 7 heteroatoms. The predicted octanol–water partition coefficient (Wildman–Crippen LogP) is 3.35. The van der Waals surface area contributed by atoms with E-state index in [0.717, 1.165) is 48.2 Å². The summed E-state index contributed by atoms with van der Waals surface area (Å²) in [7, 11) is 1.65. The van der Waals surface area contributed by atoms with Crippen molar-refractivity contribution in [2.24, 2.45) is 0 Å². The highest BCUT2D eigenvalue weighted by Gasteiger charge is 2.33. The van der Waals surface area contributed by atoms with Gasteiger partial charge in [-0.15, -0.1) is 0 Å². The Morgan fingerprint density at radius 3 is 3.00 bits per heavy atom. The summed E-state index contributed by atoms with van der Waals surface area (Å²) in [5.74, 6) is 1.39. The van der Waals surface area contributed by atoms with Gasteiger partial charge in [0.2, 0.25) is 11.9 Å². The van der Waals surface area contributed by atoms with Gasteiger partial charge in [-0.3, -0.25) is 4.79 Å². The molecule has 2 aliphatic heterocycles. The molecule has 2 unspecified atom stereocenters. The van der Waals surface area contributed by atoms with Crippen LogP contribution in [0.25, 0.3) is 10.9 Å². The first-order valence-electron chi connectivity index (χ1n) is 11.2. The van der Waals surface area contributed by atoms with Gasteiger partial charge in [0.05, 0.1) is 24.9 Å². The summed E-state index contributed by atoms with van der Waals surface area (Å²) in [5, 5.41) is 4.08. The third-order valence-corrected chi connectivity index (χ3v) is 6.45. The molecule has 3 aromatic rings. The molecule has 2 atom stereocenters. The van der Waals surface area contributed by atoms with Gasteiger partial charge in [0, 0.05) is 18.5 Å². The monoisotopic (exact) mass is 432 g/mol. The fraction of sp³-hybridized carbons (Fsp3) is 0.400. The largest absolute Gasteiger partial charge is 0.497 e. The standard InChI is InChI=1S/C25H28N4O3/c1-16-20-14-18(31-2)9-10-21(20)28-25(27-16)29-12-5-8-22(29)24(30)26-15-23-19-7-4-3-6-17(19)11-13-32-23/h3-4,6-7,9-10,14,22-23H,5,8,11-13,15H2,1-2H3,(H,26,30). The molecule has 0 aliphatic carbocycles. The van der Waals surface area contributed by atoms with E-state index in [2.05, 4.69) is 23.5 Å². The van der Waals surface area contributed by atoms with Crippen LogP contribution in [0.4, 0.5) is 5.95 Å². The summed E-state index contributed by atoms with van der Waals surface area (Å²) >= 11 is 0. The number of aryl methyl sites for hydroxylation is 1. The number of methoxy groups -OCH3 is 1. The zero-order chi connectivity index (χ0) is 22.1. The first-order valence-corrected chi connectivity index (χ1v) is 11.2. The first kappa shape index (κ1) is 20.7. The number of anilines is 1. The first-order chi connectivity index (χ1) is 15.6. The van der Waals surface area contributed by atoms with Gasteiger partial charge >= 0.3 is 0 Å². The van der Waals surface area contributed by atoms with Gasteiger partial charge in [0.25, 0.3) is 0 Å². The van der Waals surface area contributed by atoms with Crippen molar-refractivity contribution in [3.63, 3.8) is 0 Å². The molecule has 0 saturated carbocycles. The second-order valence-electron chi connectivity index (χ2n) is 8.40. The number of rotatable bonds is 5. The summed E-state index contributed by atoms with van der Waals surface area (Å²) in [6, 6.07) is 13.8. The summed E-state index contributed by atoms with van der Waals surface area (Å²) < 4.78 is 11.3. The molecule has 5 rings (SSSR count). The molecule has 0 radical (unpaired) electrons. The van der Waals surface area contributed by atoms with Crippen LogP contribution in [0.15, 0.2) is 42.5 Å². The second kappa shape index (κ2) is 8.74. The molecule has 0 spiro atoms. The summed E-state index contributed by atoms with van der Waals surface area (Å²) in [4.78, 5) is 24.7. The van der Waals surface area contributed by atoms with Crippen molar-refractivity contribution in [3.05, 3.63) is 59.3 Å². The van der Waals surface area contributed by atoms with E-state index in [1.54, 1.807) is 7.11 Å². The molecule has 1 saturated heterocycles. The fourth-order valence-electron chi connectivity index (χ4n) is 4.74. The number of fused-ring (bicyclic) bond motifs is 2. The summed E-state index contributed by atoms with van der Waals surface area (Å²) in [5.41, 5.74) is 4.21.